The highest BCUT2D eigenvalue weighted by Gasteiger charge is 2.39. The van der Waals surface area contributed by atoms with E-state index in [-0.39, 0.29) is 24.9 Å². The van der Waals surface area contributed by atoms with Crippen LogP contribution in [0.15, 0.2) is 36.4 Å². The van der Waals surface area contributed by atoms with Gasteiger partial charge in [0.1, 0.15) is 0 Å². The molecule has 2 aromatic heterocycles. The van der Waals surface area contributed by atoms with Gasteiger partial charge in [0.05, 0.1) is 24.1 Å². The Morgan fingerprint density at radius 1 is 0.569 bits per heavy atom. The number of rotatable bonds is 16. The number of H-pyrrole nitrogens is 2. The second-order valence-corrected chi connectivity index (χ2v) is 13.3. The molecule has 4 rings (SSSR count). The first-order valence-corrected chi connectivity index (χ1v) is 19.5. The van der Waals surface area contributed by atoms with Gasteiger partial charge in [0, 0.05) is 47.0 Å². The lowest BCUT2D eigenvalue weighted by molar-refractivity contribution is -0.193. The number of nitrogens with zero attached hydrogens (tertiary/aromatic N) is 4. The first-order chi connectivity index (χ1) is 30.1. The number of anilines is 2. The summed E-state index contributed by atoms with van der Waals surface area (Å²) in [7, 11) is 0. The molecular formula is C36H47Cl2F9N10O8. The molecule has 9 N–H and O–H groups in total. The number of aliphatic carboxylic acids is 3. The number of benzene rings is 2. The van der Waals surface area contributed by atoms with Crippen LogP contribution in [0.5, 0.6) is 0 Å². The van der Waals surface area contributed by atoms with Gasteiger partial charge in [-0.1, -0.05) is 50.9 Å². The Morgan fingerprint density at radius 3 is 1.09 bits per heavy atom. The standard InChI is InChI=1S/2C15H22ClN5O.3C2HF3O2/c2*1-3-21(4-2)8-7-17-10-14(22)18-15-12-6-5-11(16)9-13(12)19-20-15;3*3-2(4,5)1(6)7/h2*5-6,9,17H,3-4,7-8,10H2,1-2H3,(H2,18,19,20,22);3*(H,6,7). The van der Waals surface area contributed by atoms with Crippen LogP contribution in [0.4, 0.5) is 51.1 Å². The number of likely N-dealkylation sites (N-methyl/N-ethyl adjacent to an activating group) is 2. The lowest BCUT2D eigenvalue weighted by atomic mass is 10.2. The van der Waals surface area contributed by atoms with Gasteiger partial charge in [0.25, 0.3) is 0 Å². The zero-order chi connectivity index (χ0) is 50.1. The second-order valence-electron chi connectivity index (χ2n) is 12.4. The molecule has 0 aliphatic carbocycles. The van der Waals surface area contributed by atoms with Crippen molar-refractivity contribution in [1.29, 1.82) is 0 Å². The zero-order valence-electron chi connectivity index (χ0n) is 34.9. The van der Waals surface area contributed by atoms with Crippen molar-refractivity contribution in [2.24, 2.45) is 0 Å². The van der Waals surface area contributed by atoms with E-state index >= 15 is 0 Å². The number of aromatic amines is 2. The molecule has 0 aliphatic heterocycles. The van der Waals surface area contributed by atoms with Crippen LogP contribution in [0.25, 0.3) is 21.8 Å². The van der Waals surface area contributed by atoms with Crippen LogP contribution in [0, 0.1) is 0 Å². The molecule has 65 heavy (non-hydrogen) atoms. The number of aromatic nitrogens is 4. The predicted molar refractivity (Wildman–Crippen MR) is 222 cm³/mol. The van der Waals surface area contributed by atoms with Gasteiger partial charge in [-0.25, -0.2) is 14.4 Å². The smallest absolute Gasteiger partial charge is 0.475 e. The quantitative estimate of drug-likeness (QED) is 0.0456. The van der Waals surface area contributed by atoms with Crippen LogP contribution < -0.4 is 21.3 Å². The molecule has 2 aromatic carbocycles. The summed E-state index contributed by atoms with van der Waals surface area (Å²) in [5, 5.41) is 50.1. The highest BCUT2D eigenvalue weighted by Crippen LogP contribution is 2.24. The Morgan fingerprint density at radius 2 is 0.846 bits per heavy atom. The molecule has 366 valence electrons. The number of fused-ring (bicyclic) bond motifs is 2. The summed E-state index contributed by atoms with van der Waals surface area (Å²) in [6, 6.07) is 10.8. The molecule has 0 atom stereocenters. The topological polar surface area (TPSA) is 258 Å². The minimum Gasteiger partial charge on any atom is -0.475 e. The fourth-order valence-electron chi connectivity index (χ4n) is 4.48. The largest absolute Gasteiger partial charge is 0.490 e. The van der Waals surface area contributed by atoms with E-state index < -0.39 is 36.4 Å². The Balaban J connectivity index is 0.000000883. The van der Waals surface area contributed by atoms with Gasteiger partial charge in [0.2, 0.25) is 11.8 Å². The van der Waals surface area contributed by atoms with Crippen molar-refractivity contribution in [3.05, 3.63) is 46.4 Å². The summed E-state index contributed by atoms with van der Waals surface area (Å²) in [5.41, 5.74) is 1.61. The fraction of sp³-hybridized carbons (Fsp3) is 0.472. The van der Waals surface area contributed by atoms with E-state index in [4.69, 9.17) is 52.9 Å². The average Bonchev–Trinajstić information content (AvgIpc) is 3.80. The second kappa shape index (κ2) is 29.1. The van der Waals surface area contributed by atoms with Crippen LogP contribution in [0.3, 0.4) is 0 Å². The number of carbonyl (C=O) groups excluding carboxylic acids is 2. The van der Waals surface area contributed by atoms with Crippen LogP contribution in [0.1, 0.15) is 27.7 Å². The number of nitrogens with one attached hydrogen (secondary N) is 6. The molecule has 0 unspecified atom stereocenters. The highest BCUT2D eigenvalue weighted by atomic mass is 35.5. The number of amides is 2. The van der Waals surface area contributed by atoms with Crippen LogP contribution in [-0.4, -0.2) is 159 Å². The van der Waals surface area contributed by atoms with Gasteiger partial charge < -0.3 is 46.4 Å². The molecule has 2 heterocycles. The molecule has 0 saturated carbocycles. The van der Waals surface area contributed by atoms with Crippen molar-refractivity contribution in [2.45, 2.75) is 46.2 Å². The van der Waals surface area contributed by atoms with Crippen LogP contribution in [-0.2, 0) is 24.0 Å². The lowest BCUT2D eigenvalue weighted by Gasteiger charge is -2.17. The van der Waals surface area contributed by atoms with Crippen LogP contribution >= 0.6 is 23.2 Å². The summed E-state index contributed by atoms with van der Waals surface area (Å²) in [6.45, 7) is 16.6. The molecule has 4 aromatic rings. The fourth-order valence-corrected chi connectivity index (χ4v) is 4.83. The maximum Gasteiger partial charge on any atom is 0.490 e. The third-order valence-electron chi connectivity index (χ3n) is 7.86. The van der Waals surface area contributed by atoms with Crippen molar-refractivity contribution in [3.8, 4) is 0 Å². The Kier molecular flexibility index (Phi) is 26.7. The van der Waals surface area contributed by atoms with Gasteiger partial charge in [-0.3, -0.25) is 19.8 Å². The van der Waals surface area contributed by atoms with Crippen molar-refractivity contribution in [2.75, 3.05) is 76.1 Å². The molecule has 29 heteroatoms. The predicted octanol–water partition coefficient (Wildman–Crippen LogP) is 6.07. The van der Waals surface area contributed by atoms with Crippen molar-refractivity contribution in [3.63, 3.8) is 0 Å². The number of hydrogen-bond donors (Lipinski definition) is 9. The normalized spacial score (nSPS) is 11.3. The molecular weight excluding hydrogens is 942 g/mol. The third-order valence-corrected chi connectivity index (χ3v) is 8.33. The third kappa shape index (κ3) is 25.0. The number of carboxylic acids is 3. The van der Waals surface area contributed by atoms with Crippen molar-refractivity contribution >= 4 is 86.4 Å². The number of carbonyl (C=O) groups is 5. The molecule has 0 saturated heterocycles. The molecule has 18 nitrogen and oxygen atoms in total. The van der Waals surface area contributed by atoms with E-state index in [1.54, 1.807) is 24.3 Å². The van der Waals surface area contributed by atoms with Gasteiger partial charge in [-0.05, 0) is 62.6 Å². The van der Waals surface area contributed by atoms with Crippen molar-refractivity contribution in [1.82, 2.24) is 40.8 Å². The van der Waals surface area contributed by atoms with E-state index in [0.717, 1.165) is 74.2 Å². The molecule has 0 aliphatic rings. The van der Waals surface area contributed by atoms with E-state index in [2.05, 4.69) is 79.2 Å². The summed E-state index contributed by atoms with van der Waals surface area (Å²) < 4.78 is 95.2. The molecule has 2 amide bonds. The summed E-state index contributed by atoms with van der Waals surface area (Å²) in [6.07, 6.45) is -15.3. The van der Waals surface area contributed by atoms with E-state index in [1.807, 2.05) is 12.1 Å². The van der Waals surface area contributed by atoms with Gasteiger partial charge >= 0.3 is 36.4 Å². The number of alkyl halides is 9. The number of hydrogen-bond acceptors (Lipinski definition) is 11. The van der Waals surface area contributed by atoms with E-state index in [9.17, 15) is 49.1 Å². The van der Waals surface area contributed by atoms with E-state index in [1.165, 1.54) is 0 Å². The minimum absolute atomic E-state index is 0.108. The van der Waals surface area contributed by atoms with Gasteiger partial charge in [0.15, 0.2) is 11.6 Å². The first-order valence-electron chi connectivity index (χ1n) is 18.7. The Bertz CT molecular complexity index is 1930. The van der Waals surface area contributed by atoms with Crippen molar-refractivity contribution < 1.29 is 78.8 Å². The number of carboxylic acid groups (broad SMARTS) is 3. The summed E-state index contributed by atoms with van der Waals surface area (Å²) >= 11 is 11.8. The molecule has 0 radical (unpaired) electrons. The highest BCUT2D eigenvalue weighted by molar-refractivity contribution is 6.31. The van der Waals surface area contributed by atoms with Crippen LogP contribution in [0.2, 0.25) is 10.0 Å². The molecule has 0 spiro atoms. The van der Waals surface area contributed by atoms with E-state index in [0.29, 0.717) is 21.7 Å². The monoisotopic (exact) mass is 988 g/mol. The van der Waals surface area contributed by atoms with Gasteiger partial charge in [-0.2, -0.15) is 49.7 Å². The maximum absolute atomic E-state index is 11.9. The minimum atomic E-state index is -5.08. The average molecular weight is 990 g/mol. The SMILES string of the molecule is CCN(CC)CCNCC(=O)Nc1n[nH]c2cc(Cl)ccc12.CCN(CC)CCNCC(=O)Nc1n[nH]c2cc(Cl)ccc12.O=C(O)C(F)(F)F.O=C(O)C(F)(F)F.O=C(O)C(F)(F)F. The summed E-state index contributed by atoms with van der Waals surface area (Å²) in [5.74, 6) is -7.43. The summed E-state index contributed by atoms with van der Waals surface area (Å²) in [4.78, 5) is 55.2. The molecule has 0 fully saturated rings. The van der Waals surface area contributed by atoms with Gasteiger partial charge in [-0.15, -0.1) is 0 Å². The number of halogens is 11. The lowest BCUT2D eigenvalue weighted by Crippen LogP contribution is -2.35. The Labute approximate surface area is 374 Å². The zero-order valence-corrected chi connectivity index (χ0v) is 36.4. The first kappa shape index (κ1) is 59.5. The Hall–Kier alpha value is -5.48. The molecule has 0 bridgehead atoms. The maximum atomic E-state index is 11.9.